The molecule has 0 bridgehead atoms. The molecule has 3 aromatic carbocycles. The molecule has 2 amide bonds. The average Bonchev–Trinajstić information content (AvgIpc) is 3.66. The van der Waals surface area contributed by atoms with Crippen LogP contribution in [0, 0.1) is 6.92 Å². The summed E-state index contributed by atoms with van der Waals surface area (Å²) in [7, 11) is 1.68. The molecule has 0 radical (unpaired) electrons. The topological polar surface area (TPSA) is 102 Å². The number of anilines is 1. The van der Waals surface area contributed by atoms with Crippen LogP contribution >= 0.6 is 11.8 Å². The average molecular weight is 709 g/mol. The number of aromatic nitrogens is 3. The number of hydrazine groups is 1. The Balaban J connectivity index is 1.20. The number of benzene rings is 3. The van der Waals surface area contributed by atoms with E-state index in [9.17, 15) is 35.9 Å². The number of alkyl halides is 6. The van der Waals surface area contributed by atoms with Crippen LogP contribution in [0.5, 0.6) is 11.5 Å². The Kier molecular flexibility index (Phi) is 10.4. The minimum absolute atomic E-state index is 0.0550. The summed E-state index contributed by atoms with van der Waals surface area (Å²) in [5, 5.41) is 5.35. The Labute approximate surface area is 281 Å². The molecule has 0 spiro atoms. The van der Waals surface area contributed by atoms with Gasteiger partial charge in [0.1, 0.15) is 17.8 Å². The van der Waals surface area contributed by atoms with Crippen LogP contribution in [0.15, 0.2) is 73.1 Å². The minimum Gasteiger partial charge on any atom is -0.482 e. The first-order chi connectivity index (χ1) is 23.1. The summed E-state index contributed by atoms with van der Waals surface area (Å²) < 4.78 is 86.2. The highest BCUT2D eigenvalue weighted by molar-refractivity contribution is 8.01. The largest absolute Gasteiger partial charge is 0.573 e. The third kappa shape index (κ3) is 9.23. The van der Waals surface area contributed by atoms with Crippen molar-refractivity contribution in [3.8, 4) is 28.6 Å². The number of hydrogen-bond donors (Lipinski definition) is 1. The van der Waals surface area contributed by atoms with E-state index in [4.69, 9.17) is 4.74 Å². The molecule has 0 saturated carbocycles. The molecule has 5 rings (SSSR count). The van der Waals surface area contributed by atoms with E-state index >= 15 is 0 Å². The minimum atomic E-state index is -4.79. The lowest BCUT2D eigenvalue weighted by Crippen LogP contribution is -2.44. The molecule has 1 N–H and O–H groups in total. The van der Waals surface area contributed by atoms with Gasteiger partial charge in [-0.2, -0.15) is 13.2 Å². The van der Waals surface area contributed by atoms with E-state index in [1.807, 2.05) is 19.1 Å². The zero-order chi connectivity index (χ0) is 35.5. The summed E-state index contributed by atoms with van der Waals surface area (Å²) in [4.78, 5) is 31.6. The van der Waals surface area contributed by atoms with E-state index in [-0.39, 0.29) is 41.3 Å². The van der Waals surface area contributed by atoms with E-state index in [0.29, 0.717) is 22.6 Å². The molecular weight excluding hydrogens is 678 g/mol. The number of nitrogens with zero attached hydrogens (tertiary/aromatic N) is 5. The lowest BCUT2D eigenvalue weighted by molar-refractivity contribution is -0.274. The highest BCUT2D eigenvalue weighted by atomic mass is 32.2. The monoisotopic (exact) mass is 708 g/mol. The van der Waals surface area contributed by atoms with Crippen LogP contribution in [0.1, 0.15) is 30.5 Å². The lowest BCUT2D eigenvalue weighted by Gasteiger charge is -2.29. The number of aryl methyl sites for hydroxylation is 1. The van der Waals surface area contributed by atoms with Gasteiger partial charge in [-0.3, -0.25) is 19.9 Å². The van der Waals surface area contributed by atoms with Gasteiger partial charge in [0, 0.05) is 12.6 Å². The van der Waals surface area contributed by atoms with E-state index < -0.39 is 30.4 Å². The Morgan fingerprint density at radius 1 is 1.06 bits per heavy atom. The van der Waals surface area contributed by atoms with Crippen LogP contribution < -0.4 is 19.8 Å². The van der Waals surface area contributed by atoms with E-state index in [0.717, 1.165) is 5.56 Å². The van der Waals surface area contributed by atoms with Crippen molar-refractivity contribution in [1.29, 1.82) is 0 Å². The first-order valence-corrected chi connectivity index (χ1v) is 15.8. The maximum Gasteiger partial charge on any atom is 0.573 e. The van der Waals surface area contributed by atoms with Crippen LogP contribution in [-0.2, 0) is 9.59 Å². The molecule has 2 heterocycles. The quantitative estimate of drug-likeness (QED) is 0.137. The summed E-state index contributed by atoms with van der Waals surface area (Å²) in [5.41, 5.74) is 5.69. The molecule has 1 saturated heterocycles. The van der Waals surface area contributed by atoms with Crippen molar-refractivity contribution < 1.29 is 45.4 Å². The van der Waals surface area contributed by atoms with Gasteiger partial charge in [-0.1, -0.05) is 30.3 Å². The Morgan fingerprint density at radius 3 is 2.41 bits per heavy atom. The van der Waals surface area contributed by atoms with Gasteiger partial charge < -0.3 is 9.47 Å². The van der Waals surface area contributed by atoms with Crippen molar-refractivity contribution in [1.82, 2.24) is 25.2 Å². The van der Waals surface area contributed by atoms with Gasteiger partial charge in [-0.15, -0.1) is 30.0 Å². The van der Waals surface area contributed by atoms with E-state index in [2.05, 4.69) is 20.2 Å². The molecule has 49 heavy (non-hydrogen) atoms. The molecule has 1 aliphatic heterocycles. The number of thioether (sulfide) groups is 1. The van der Waals surface area contributed by atoms with Crippen molar-refractivity contribution >= 4 is 29.3 Å². The van der Waals surface area contributed by atoms with Crippen LogP contribution in [0.4, 0.5) is 32.0 Å². The van der Waals surface area contributed by atoms with Gasteiger partial charge in [0.05, 0.1) is 35.0 Å². The van der Waals surface area contributed by atoms with Gasteiger partial charge >= 0.3 is 12.5 Å². The molecule has 1 aromatic heterocycles. The lowest BCUT2D eigenvalue weighted by atomic mass is 10.1. The number of ether oxygens (including phenoxy) is 2. The van der Waals surface area contributed by atoms with Gasteiger partial charge in [0.15, 0.2) is 12.4 Å². The fourth-order valence-electron chi connectivity index (χ4n) is 4.96. The third-order valence-corrected chi connectivity index (χ3v) is 8.62. The van der Waals surface area contributed by atoms with Crippen LogP contribution in [0.3, 0.4) is 0 Å². The third-order valence-electron chi connectivity index (χ3n) is 7.44. The van der Waals surface area contributed by atoms with E-state index in [1.54, 1.807) is 43.2 Å². The first kappa shape index (κ1) is 35.5. The van der Waals surface area contributed by atoms with Crippen LogP contribution in [-0.4, -0.2) is 68.9 Å². The number of carbonyl (C=O) groups is 2. The highest BCUT2D eigenvalue weighted by Crippen LogP contribution is 2.39. The first-order valence-electron chi connectivity index (χ1n) is 14.7. The van der Waals surface area contributed by atoms with Gasteiger partial charge in [0.2, 0.25) is 11.8 Å². The molecule has 17 heteroatoms. The second-order valence-corrected chi connectivity index (χ2v) is 12.3. The predicted molar refractivity (Wildman–Crippen MR) is 169 cm³/mol. The van der Waals surface area contributed by atoms with Crippen molar-refractivity contribution in [2.45, 2.75) is 44.2 Å². The number of rotatable bonds is 11. The van der Waals surface area contributed by atoms with Gasteiger partial charge in [0.25, 0.3) is 0 Å². The normalized spacial score (nSPS) is 15.8. The molecule has 1 aliphatic rings. The summed E-state index contributed by atoms with van der Waals surface area (Å²) >= 11 is 1.21. The molecule has 2 unspecified atom stereocenters. The van der Waals surface area contributed by atoms with Crippen LogP contribution in [0.2, 0.25) is 0 Å². The molecule has 10 nitrogen and oxygen atoms in total. The molecule has 4 aromatic rings. The maximum atomic E-state index is 13.1. The van der Waals surface area contributed by atoms with Crippen molar-refractivity contribution in [2.24, 2.45) is 0 Å². The molecule has 2 atom stereocenters. The standard InChI is InChI=1S/C32H30F6N6O4S/c1-19-4-13-26(47-17-31(33,34)35)25(14-19)44-28(46)16-49-29(44)15-27(45)40-42(3)20(2)21-5-7-22(8-6-21)30-39-18-43(41-30)23-9-11-24(12-10-23)48-32(36,37)38/h4-14,18,20,29H,15-17H2,1-3H3,(H,40,45). The van der Waals surface area contributed by atoms with Crippen molar-refractivity contribution in [2.75, 3.05) is 24.3 Å². The van der Waals surface area contributed by atoms with Gasteiger partial charge in [-0.05, 0) is 61.4 Å². The second kappa shape index (κ2) is 14.4. The fraction of sp³-hybridized carbons (Fsp3) is 0.312. The Hall–Kier alpha value is -4.77. The number of carbonyl (C=O) groups excluding carboxylic acids is 2. The fourth-order valence-corrected chi connectivity index (χ4v) is 6.08. The Morgan fingerprint density at radius 2 is 1.76 bits per heavy atom. The Bertz CT molecular complexity index is 1780. The summed E-state index contributed by atoms with van der Waals surface area (Å²) in [6.45, 7) is 2.08. The molecular formula is C32H30F6N6O4S. The highest BCUT2D eigenvalue weighted by Gasteiger charge is 2.37. The van der Waals surface area contributed by atoms with Crippen LogP contribution in [0.25, 0.3) is 17.1 Å². The molecule has 260 valence electrons. The van der Waals surface area contributed by atoms with Crippen molar-refractivity contribution in [3.63, 3.8) is 0 Å². The van der Waals surface area contributed by atoms with Crippen molar-refractivity contribution in [3.05, 3.63) is 84.2 Å². The zero-order valence-electron chi connectivity index (χ0n) is 26.2. The smallest absolute Gasteiger partial charge is 0.482 e. The summed E-state index contributed by atoms with van der Waals surface area (Å²) in [5.74, 6) is -0.772. The zero-order valence-corrected chi connectivity index (χ0v) is 27.1. The number of nitrogens with one attached hydrogen (secondary N) is 1. The summed E-state index contributed by atoms with van der Waals surface area (Å²) in [6, 6.07) is 16.7. The number of hydrogen-bond acceptors (Lipinski definition) is 8. The number of halogens is 6. The number of amides is 2. The predicted octanol–water partition coefficient (Wildman–Crippen LogP) is 6.60. The second-order valence-electron chi connectivity index (χ2n) is 11.1. The summed E-state index contributed by atoms with van der Waals surface area (Å²) in [6.07, 6.45) is -8.05. The molecule has 1 fully saturated rings. The SMILES string of the molecule is Cc1ccc(OCC(F)(F)F)c(N2C(=O)CSC2CC(=O)NN(C)C(C)c2ccc(-c3ncn(-c4ccc(OC(F)(F)F)cc4)n3)cc2)c1. The van der Waals surface area contributed by atoms with E-state index in [1.165, 1.54) is 58.0 Å². The molecule has 0 aliphatic carbocycles. The van der Waals surface area contributed by atoms with Gasteiger partial charge in [-0.25, -0.2) is 14.7 Å². The maximum absolute atomic E-state index is 13.1.